The average molecular weight is 716 g/mol. The number of aromatic nitrogens is 1. The van der Waals surface area contributed by atoms with Gasteiger partial charge in [-0.15, -0.1) is 0 Å². The Kier molecular flexibility index (Phi) is 8.47. The molecule has 1 N–H and O–H groups in total. The Morgan fingerprint density at radius 2 is 2.11 bits per heavy atom. The molecule has 144 valence electrons. The van der Waals surface area contributed by atoms with E-state index in [1.165, 1.54) is 4.90 Å². The second-order valence-corrected chi connectivity index (χ2v) is 7.51. The summed E-state index contributed by atoms with van der Waals surface area (Å²) in [7, 11) is 1.62. The molecule has 2 amide bonds. The van der Waals surface area contributed by atoms with Crippen LogP contribution in [0, 0.1) is 6.08 Å². The number of allylic oxidation sites excluding steroid dienone is 1. The maximum Gasteiger partial charge on any atom is 0 e. The van der Waals surface area contributed by atoms with Gasteiger partial charge in [-0.2, -0.15) is 0 Å². The fourth-order valence-corrected chi connectivity index (χ4v) is 3.10. The topological polar surface area (TPSA) is 71.5 Å². The van der Waals surface area contributed by atoms with E-state index >= 15 is 0 Å². The van der Waals surface area contributed by atoms with Crippen LogP contribution in [0.2, 0.25) is 0 Å². The molecule has 0 saturated carbocycles. The number of ether oxygens (including phenoxy) is 1. The summed E-state index contributed by atoms with van der Waals surface area (Å²) >= 11 is 1.00. The molecule has 0 aliphatic carbocycles. The molecule has 0 spiro atoms. The fraction of sp³-hybridized carbons (Fsp3) is 0.200. The van der Waals surface area contributed by atoms with Crippen molar-refractivity contribution in [2.24, 2.45) is 0 Å². The van der Waals surface area contributed by atoms with Crippen molar-refractivity contribution in [3.63, 3.8) is 0 Å². The first-order chi connectivity index (χ1) is 13.1. The SMILES string of the molecule is CN1C(=O)C(NC(=O)[C](=[W])C=[C-]Cc2ccccc2)COc2cccnc21.[W]. The van der Waals surface area contributed by atoms with Crippen molar-refractivity contribution in [3.8, 4) is 5.75 Å². The molecule has 0 saturated heterocycles. The minimum atomic E-state index is -0.770. The van der Waals surface area contributed by atoms with E-state index in [0.29, 0.717) is 21.9 Å². The van der Waals surface area contributed by atoms with Crippen LogP contribution in [0.15, 0.2) is 54.7 Å². The summed E-state index contributed by atoms with van der Waals surface area (Å²) in [6, 6.07) is 12.6. The van der Waals surface area contributed by atoms with E-state index < -0.39 is 6.04 Å². The van der Waals surface area contributed by atoms with Crippen molar-refractivity contribution in [2.45, 2.75) is 12.5 Å². The number of hydrogen-bond acceptors (Lipinski definition) is 4. The third-order valence-electron chi connectivity index (χ3n) is 4.01. The third kappa shape index (κ3) is 5.56. The van der Waals surface area contributed by atoms with Crippen molar-refractivity contribution in [1.29, 1.82) is 0 Å². The summed E-state index contributed by atoms with van der Waals surface area (Å²) in [5.41, 5.74) is 1.12. The number of hydrogen-bond donors (Lipinski definition) is 1. The molecule has 28 heavy (non-hydrogen) atoms. The van der Waals surface area contributed by atoms with Gasteiger partial charge in [0.15, 0.2) is 0 Å². The Labute approximate surface area is 189 Å². The molecule has 6 nitrogen and oxygen atoms in total. The number of likely N-dealkylation sites (N-methyl/N-ethyl adjacent to an activating group) is 1. The summed E-state index contributed by atoms with van der Waals surface area (Å²) in [4.78, 5) is 30.7. The minimum Gasteiger partial charge on any atom is 0 e. The molecule has 1 aliphatic rings. The fourth-order valence-electron chi connectivity index (χ4n) is 2.59. The molecule has 8 heteroatoms. The second kappa shape index (κ2) is 10.6. The first-order valence-electron chi connectivity index (χ1n) is 8.37. The van der Waals surface area contributed by atoms with E-state index in [-0.39, 0.29) is 39.5 Å². The summed E-state index contributed by atoms with van der Waals surface area (Å²) in [6.07, 6.45) is 7.03. The second-order valence-electron chi connectivity index (χ2n) is 5.93. The number of rotatable bonds is 5. The monoisotopic (exact) mass is 716 g/mol. The largest absolute Gasteiger partial charge is 0 e. The van der Waals surface area contributed by atoms with Crippen LogP contribution in [0.3, 0.4) is 0 Å². The van der Waals surface area contributed by atoms with Crippen molar-refractivity contribution >= 4 is 21.5 Å². The summed E-state index contributed by atoms with van der Waals surface area (Å²) in [5, 5.41) is 2.75. The smallest absolute Gasteiger partial charge is 0 e. The normalized spacial score (nSPS) is 15.8. The van der Waals surface area contributed by atoms with E-state index in [1.54, 1.807) is 31.5 Å². The van der Waals surface area contributed by atoms with Gasteiger partial charge in [0.25, 0.3) is 0 Å². The van der Waals surface area contributed by atoms with Crippen LogP contribution < -0.4 is 15.0 Å². The quantitative estimate of drug-likeness (QED) is 0.474. The van der Waals surface area contributed by atoms with Gasteiger partial charge in [-0.25, -0.2) is 0 Å². The number of nitrogens with zero attached hydrogens (tertiary/aromatic N) is 2. The Bertz CT molecular complexity index is 887. The standard InChI is InChI=1S/C20H18N3O3.2W/c1-23-19-17(11-7-13-21-19)26-14-16(20(23)25)22-18(24)12-6-5-10-15-8-3-2-4-9-15;;/h2-4,6-9,11,13,16H,10,14H2,1H3,(H,22,24);;/q-1;;. The molecule has 2 heterocycles. The van der Waals surface area contributed by atoms with Crippen molar-refractivity contribution in [3.05, 3.63) is 66.4 Å². The molecule has 1 aromatic carbocycles. The van der Waals surface area contributed by atoms with E-state index in [1.807, 2.05) is 30.3 Å². The number of pyridine rings is 1. The molecule has 1 atom stereocenters. The van der Waals surface area contributed by atoms with Gasteiger partial charge in [0, 0.05) is 21.1 Å². The number of nitrogens with one attached hydrogen (secondary N) is 1. The Morgan fingerprint density at radius 1 is 1.36 bits per heavy atom. The van der Waals surface area contributed by atoms with Gasteiger partial charge in [-0.05, 0) is 0 Å². The van der Waals surface area contributed by atoms with E-state index in [2.05, 4.69) is 16.4 Å². The first-order valence-corrected chi connectivity index (χ1v) is 9.83. The van der Waals surface area contributed by atoms with E-state index in [4.69, 9.17) is 4.74 Å². The zero-order valence-electron chi connectivity index (χ0n) is 15.1. The number of carbonyl (C=O) groups excluding carboxylic acids is 2. The summed E-state index contributed by atoms with van der Waals surface area (Å²) in [5.74, 6) is 0.412. The Balaban J connectivity index is 0.00000280. The molecule has 1 aromatic heterocycles. The number of benzene rings is 1. The van der Waals surface area contributed by atoms with Crippen LogP contribution in [0.5, 0.6) is 5.75 Å². The first kappa shape index (κ1) is 22.4. The van der Waals surface area contributed by atoms with Crippen molar-refractivity contribution in [2.75, 3.05) is 18.6 Å². The molecular formula is C20H18N3O3W2-. The zero-order chi connectivity index (χ0) is 19.2. The van der Waals surface area contributed by atoms with Gasteiger partial charge < -0.3 is 0 Å². The van der Waals surface area contributed by atoms with Crippen LogP contribution in [0.4, 0.5) is 5.82 Å². The molecule has 2 aromatic rings. The molecule has 1 unspecified atom stereocenters. The maximum absolute atomic E-state index is 12.6. The van der Waals surface area contributed by atoms with Crippen LogP contribution in [0.25, 0.3) is 0 Å². The average Bonchev–Trinajstić information content (AvgIpc) is 2.81. The van der Waals surface area contributed by atoms with Gasteiger partial charge in [-0.1, -0.05) is 0 Å². The maximum atomic E-state index is 12.6. The van der Waals surface area contributed by atoms with Crippen LogP contribution in [-0.4, -0.2) is 40.4 Å². The van der Waals surface area contributed by atoms with Gasteiger partial charge >= 0.3 is 169 Å². The molecule has 0 radical (unpaired) electrons. The number of amides is 2. The summed E-state index contributed by atoms with van der Waals surface area (Å²) in [6.45, 7) is 0.0632. The zero-order valence-corrected chi connectivity index (χ0v) is 21.0. The van der Waals surface area contributed by atoms with Gasteiger partial charge in [0.05, 0.1) is 0 Å². The third-order valence-corrected chi connectivity index (χ3v) is 5.10. The molecule has 0 fully saturated rings. The van der Waals surface area contributed by atoms with Crippen LogP contribution in [-0.2, 0) is 56.4 Å². The number of fused-ring (bicyclic) bond motifs is 1. The number of anilines is 1. The molecule has 3 rings (SSSR count). The van der Waals surface area contributed by atoms with Crippen molar-refractivity contribution in [1.82, 2.24) is 10.3 Å². The Hall–Kier alpha value is -1.90. The van der Waals surface area contributed by atoms with Gasteiger partial charge in [0.2, 0.25) is 0 Å². The van der Waals surface area contributed by atoms with Crippen LogP contribution in [0.1, 0.15) is 5.56 Å². The van der Waals surface area contributed by atoms with Gasteiger partial charge in [0.1, 0.15) is 0 Å². The van der Waals surface area contributed by atoms with Crippen LogP contribution >= 0.6 is 0 Å². The predicted octanol–water partition coefficient (Wildman–Crippen LogP) is 1.24. The predicted molar refractivity (Wildman–Crippen MR) is 98.0 cm³/mol. The summed E-state index contributed by atoms with van der Waals surface area (Å²) < 4.78 is 6.21. The minimum absolute atomic E-state index is 0. The van der Waals surface area contributed by atoms with Gasteiger partial charge in [-0.3, -0.25) is 0 Å². The van der Waals surface area contributed by atoms with E-state index in [9.17, 15) is 9.59 Å². The number of carbonyl (C=O) groups is 2. The molecule has 1 aliphatic heterocycles. The van der Waals surface area contributed by atoms with Crippen molar-refractivity contribution < 1.29 is 54.7 Å². The Morgan fingerprint density at radius 3 is 2.86 bits per heavy atom. The van der Waals surface area contributed by atoms with E-state index in [0.717, 1.165) is 24.9 Å². The molecular weight excluding hydrogens is 698 g/mol. The molecule has 0 bridgehead atoms.